The van der Waals surface area contributed by atoms with Gasteiger partial charge < -0.3 is 15.8 Å². The number of nitrogens with one attached hydrogen (secondary N) is 1. The molecular weight excluding hydrogens is 194 g/mol. The molecule has 0 spiro atoms. The van der Waals surface area contributed by atoms with E-state index < -0.39 is 0 Å². The third-order valence-corrected chi connectivity index (χ3v) is 1.79. The summed E-state index contributed by atoms with van der Waals surface area (Å²) < 4.78 is 4.76. The average Bonchev–Trinajstić information content (AvgIpc) is 2.17. The van der Waals surface area contributed by atoms with Gasteiger partial charge in [-0.1, -0.05) is 0 Å². The lowest BCUT2D eigenvalue weighted by Gasteiger charge is -2.08. The summed E-state index contributed by atoms with van der Waals surface area (Å²) in [5.41, 5.74) is 7.14. The Balaban J connectivity index is 2.54. The summed E-state index contributed by atoms with van der Waals surface area (Å²) in [5, 5.41) is 2.86. The van der Waals surface area contributed by atoms with Crippen molar-refractivity contribution in [3.63, 3.8) is 0 Å². The molecule has 0 fully saturated rings. The maximum atomic E-state index is 11.0. The van der Waals surface area contributed by atoms with Crippen molar-refractivity contribution in [2.75, 3.05) is 24.2 Å². The second-order valence-electron chi connectivity index (χ2n) is 3.04. The van der Waals surface area contributed by atoms with Crippen molar-refractivity contribution in [3.8, 4) is 0 Å². The van der Waals surface area contributed by atoms with Crippen molar-refractivity contribution in [2.24, 2.45) is 0 Å². The molecule has 0 saturated carbocycles. The van der Waals surface area contributed by atoms with E-state index in [1.807, 2.05) is 13.0 Å². The summed E-state index contributed by atoms with van der Waals surface area (Å²) in [6, 6.07) is 3.61. The van der Waals surface area contributed by atoms with Gasteiger partial charge in [-0.05, 0) is 26.0 Å². The zero-order valence-electron chi connectivity index (χ0n) is 8.91. The summed E-state index contributed by atoms with van der Waals surface area (Å²) in [7, 11) is 0. The molecule has 1 aromatic heterocycles. The fraction of sp³-hybridized carbons (Fsp3) is 0.400. The van der Waals surface area contributed by atoms with Crippen LogP contribution in [0.3, 0.4) is 0 Å². The lowest BCUT2D eigenvalue weighted by molar-refractivity contribution is -0.140. The number of pyridine rings is 1. The molecule has 5 heteroatoms. The standard InChI is InChI=1S/C10H15N3O2/c1-3-15-9(14)6-12-8-5-4-7(2)13-10(8)11/h4-5,12H,3,6H2,1-2H3,(H2,11,13). The van der Waals surface area contributed by atoms with E-state index in [-0.39, 0.29) is 12.5 Å². The number of carbonyl (C=O) groups is 1. The molecule has 0 aliphatic rings. The van der Waals surface area contributed by atoms with E-state index in [2.05, 4.69) is 10.3 Å². The Kier molecular flexibility index (Phi) is 3.91. The molecule has 82 valence electrons. The highest BCUT2D eigenvalue weighted by molar-refractivity contribution is 5.76. The van der Waals surface area contributed by atoms with Crippen LogP contribution in [-0.4, -0.2) is 24.1 Å². The third kappa shape index (κ3) is 3.46. The first kappa shape index (κ1) is 11.3. The minimum atomic E-state index is -0.308. The van der Waals surface area contributed by atoms with Crippen LogP contribution < -0.4 is 11.1 Å². The maximum absolute atomic E-state index is 11.0. The van der Waals surface area contributed by atoms with Gasteiger partial charge in [0.15, 0.2) is 0 Å². The molecule has 0 aromatic carbocycles. The van der Waals surface area contributed by atoms with Crippen LogP contribution in [0.5, 0.6) is 0 Å². The molecule has 1 aromatic rings. The molecular formula is C10H15N3O2. The second kappa shape index (κ2) is 5.19. The maximum Gasteiger partial charge on any atom is 0.325 e. The highest BCUT2D eigenvalue weighted by atomic mass is 16.5. The van der Waals surface area contributed by atoms with Crippen molar-refractivity contribution in [2.45, 2.75) is 13.8 Å². The van der Waals surface area contributed by atoms with Crippen molar-refractivity contribution in [1.29, 1.82) is 0 Å². The van der Waals surface area contributed by atoms with Crippen molar-refractivity contribution in [3.05, 3.63) is 17.8 Å². The van der Waals surface area contributed by atoms with Crippen LogP contribution in [0.25, 0.3) is 0 Å². The van der Waals surface area contributed by atoms with Gasteiger partial charge in [0.05, 0.1) is 12.3 Å². The normalized spacial score (nSPS) is 9.73. The molecule has 1 rings (SSSR count). The number of hydrogen-bond donors (Lipinski definition) is 2. The molecule has 0 bridgehead atoms. The zero-order valence-corrected chi connectivity index (χ0v) is 8.91. The van der Waals surface area contributed by atoms with E-state index in [1.165, 1.54) is 0 Å². The Labute approximate surface area is 88.6 Å². The lowest BCUT2D eigenvalue weighted by Crippen LogP contribution is -2.17. The monoisotopic (exact) mass is 209 g/mol. The number of carbonyl (C=O) groups excluding carboxylic acids is 1. The predicted molar refractivity (Wildman–Crippen MR) is 58.5 cm³/mol. The first-order valence-corrected chi connectivity index (χ1v) is 4.76. The van der Waals surface area contributed by atoms with Crippen LogP contribution in [0.1, 0.15) is 12.6 Å². The molecule has 0 saturated heterocycles. The number of anilines is 2. The van der Waals surface area contributed by atoms with Gasteiger partial charge in [0.25, 0.3) is 0 Å². The number of rotatable bonds is 4. The summed E-state index contributed by atoms with van der Waals surface area (Å²) in [6.07, 6.45) is 0. The van der Waals surface area contributed by atoms with Gasteiger partial charge >= 0.3 is 5.97 Å². The minimum Gasteiger partial charge on any atom is -0.465 e. The van der Waals surface area contributed by atoms with Gasteiger partial charge in [-0.25, -0.2) is 4.98 Å². The molecule has 3 N–H and O–H groups in total. The van der Waals surface area contributed by atoms with Gasteiger partial charge in [0.1, 0.15) is 12.4 Å². The van der Waals surface area contributed by atoms with Crippen LogP contribution in [-0.2, 0) is 9.53 Å². The Morgan fingerprint density at radius 3 is 2.93 bits per heavy atom. The number of aryl methyl sites for hydroxylation is 1. The number of nitrogens with two attached hydrogens (primary N) is 1. The molecule has 0 amide bonds. The Bertz CT molecular complexity index is 353. The molecule has 1 heterocycles. The first-order valence-electron chi connectivity index (χ1n) is 4.76. The van der Waals surface area contributed by atoms with E-state index in [0.29, 0.717) is 18.1 Å². The molecule has 0 unspecified atom stereocenters. The van der Waals surface area contributed by atoms with Crippen LogP contribution in [0, 0.1) is 6.92 Å². The van der Waals surface area contributed by atoms with Gasteiger partial charge in [-0.15, -0.1) is 0 Å². The SMILES string of the molecule is CCOC(=O)CNc1ccc(C)nc1N. The van der Waals surface area contributed by atoms with Crippen LogP contribution >= 0.6 is 0 Å². The van der Waals surface area contributed by atoms with Gasteiger partial charge in [0, 0.05) is 5.69 Å². The number of nitrogen functional groups attached to an aromatic ring is 1. The fourth-order valence-electron chi connectivity index (χ4n) is 1.11. The first-order chi connectivity index (χ1) is 7.13. The number of aromatic nitrogens is 1. The average molecular weight is 209 g/mol. The van der Waals surface area contributed by atoms with E-state index >= 15 is 0 Å². The quantitative estimate of drug-likeness (QED) is 0.722. The lowest BCUT2D eigenvalue weighted by atomic mass is 10.3. The molecule has 0 aliphatic heterocycles. The van der Waals surface area contributed by atoms with Crippen LogP contribution in [0.15, 0.2) is 12.1 Å². The van der Waals surface area contributed by atoms with E-state index in [9.17, 15) is 4.79 Å². The number of ether oxygens (including phenoxy) is 1. The highest BCUT2D eigenvalue weighted by Crippen LogP contribution is 2.14. The number of hydrogen-bond acceptors (Lipinski definition) is 5. The van der Waals surface area contributed by atoms with E-state index in [1.54, 1.807) is 13.0 Å². The van der Waals surface area contributed by atoms with Crippen LogP contribution in [0.4, 0.5) is 11.5 Å². The minimum absolute atomic E-state index is 0.1000. The molecule has 0 radical (unpaired) electrons. The van der Waals surface area contributed by atoms with Crippen molar-refractivity contribution in [1.82, 2.24) is 4.98 Å². The fourth-order valence-corrected chi connectivity index (χ4v) is 1.11. The molecule has 15 heavy (non-hydrogen) atoms. The Morgan fingerprint density at radius 2 is 2.33 bits per heavy atom. The van der Waals surface area contributed by atoms with Gasteiger partial charge in [-0.3, -0.25) is 4.79 Å². The largest absolute Gasteiger partial charge is 0.465 e. The topological polar surface area (TPSA) is 77.2 Å². The smallest absolute Gasteiger partial charge is 0.325 e. The highest BCUT2D eigenvalue weighted by Gasteiger charge is 2.04. The van der Waals surface area contributed by atoms with Crippen LogP contribution in [0.2, 0.25) is 0 Å². The van der Waals surface area contributed by atoms with Gasteiger partial charge in [-0.2, -0.15) is 0 Å². The number of esters is 1. The van der Waals surface area contributed by atoms with Crippen molar-refractivity contribution < 1.29 is 9.53 Å². The van der Waals surface area contributed by atoms with E-state index in [4.69, 9.17) is 10.5 Å². The molecule has 0 atom stereocenters. The van der Waals surface area contributed by atoms with Crippen molar-refractivity contribution >= 4 is 17.5 Å². The van der Waals surface area contributed by atoms with Gasteiger partial charge in [0.2, 0.25) is 0 Å². The van der Waals surface area contributed by atoms with E-state index in [0.717, 1.165) is 5.69 Å². The summed E-state index contributed by atoms with van der Waals surface area (Å²) in [6.45, 7) is 4.09. The summed E-state index contributed by atoms with van der Waals surface area (Å²) in [5.74, 6) is 0.0803. The summed E-state index contributed by atoms with van der Waals surface area (Å²) in [4.78, 5) is 15.1. The zero-order chi connectivity index (χ0) is 11.3. The second-order valence-corrected chi connectivity index (χ2v) is 3.04. The number of nitrogens with zero attached hydrogens (tertiary/aromatic N) is 1. The Morgan fingerprint density at radius 1 is 1.60 bits per heavy atom. The third-order valence-electron chi connectivity index (χ3n) is 1.79. The molecule has 0 aliphatic carbocycles. The predicted octanol–water partition coefficient (Wildman–Crippen LogP) is 0.947. The summed E-state index contributed by atoms with van der Waals surface area (Å²) >= 11 is 0. The Hall–Kier alpha value is -1.78. The molecule has 5 nitrogen and oxygen atoms in total.